The minimum absolute atomic E-state index is 0.189. The number of nitrogens with zero attached hydrogens (tertiary/aromatic N) is 1. The maximum Gasteiger partial charge on any atom is 0.248 e. The monoisotopic (exact) mass is 335 g/mol. The van der Waals surface area contributed by atoms with E-state index in [1.807, 2.05) is 60.8 Å². The number of para-hydroxylation sites is 1. The SMILES string of the molecule is Cc1ccc(/C=C/C(=O)Nc2ccccc2-c2csc(N)n2)cc1. The van der Waals surface area contributed by atoms with Gasteiger partial charge in [0.1, 0.15) is 0 Å². The van der Waals surface area contributed by atoms with Crippen molar-refractivity contribution in [3.8, 4) is 11.3 Å². The predicted molar refractivity (Wildman–Crippen MR) is 101 cm³/mol. The van der Waals surface area contributed by atoms with E-state index in [4.69, 9.17) is 5.73 Å². The van der Waals surface area contributed by atoms with Gasteiger partial charge in [0.2, 0.25) is 5.91 Å². The molecule has 1 amide bonds. The average Bonchev–Trinajstić information content (AvgIpc) is 3.01. The number of rotatable bonds is 4. The zero-order valence-corrected chi connectivity index (χ0v) is 14.0. The number of carbonyl (C=O) groups is 1. The third-order valence-corrected chi connectivity index (χ3v) is 4.16. The summed E-state index contributed by atoms with van der Waals surface area (Å²) in [5.74, 6) is -0.189. The Balaban J connectivity index is 1.76. The molecular weight excluding hydrogens is 318 g/mol. The lowest BCUT2D eigenvalue weighted by atomic mass is 10.1. The maximum absolute atomic E-state index is 12.2. The number of aromatic nitrogens is 1. The number of aryl methyl sites for hydroxylation is 1. The Morgan fingerprint density at radius 2 is 1.92 bits per heavy atom. The topological polar surface area (TPSA) is 68.0 Å². The van der Waals surface area contributed by atoms with Gasteiger partial charge in [-0.15, -0.1) is 11.3 Å². The Morgan fingerprint density at radius 1 is 1.17 bits per heavy atom. The molecule has 0 spiro atoms. The zero-order valence-electron chi connectivity index (χ0n) is 13.2. The number of nitrogens with two attached hydrogens (primary N) is 1. The smallest absolute Gasteiger partial charge is 0.248 e. The molecule has 3 N–H and O–H groups in total. The first-order chi connectivity index (χ1) is 11.6. The number of thiazole rings is 1. The van der Waals surface area contributed by atoms with E-state index < -0.39 is 0 Å². The first kappa shape index (κ1) is 16.0. The van der Waals surface area contributed by atoms with Gasteiger partial charge in [0, 0.05) is 17.0 Å². The summed E-state index contributed by atoms with van der Waals surface area (Å²) in [5, 5.41) is 5.28. The summed E-state index contributed by atoms with van der Waals surface area (Å²) < 4.78 is 0. The highest BCUT2D eigenvalue weighted by atomic mass is 32.1. The minimum atomic E-state index is -0.189. The second-order valence-electron chi connectivity index (χ2n) is 5.35. The Labute approximate surface area is 144 Å². The average molecular weight is 335 g/mol. The highest BCUT2D eigenvalue weighted by molar-refractivity contribution is 7.13. The summed E-state index contributed by atoms with van der Waals surface area (Å²) in [6.45, 7) is 2.03. The number of nitrogens with one attached hydrogen (secondary N) is 1. The van der Waals surface area contributed by atoms with Crippen molar-refractivity contribution in [1.82, 2.24) is 4.98 Å². The van der Waals surface area contributed by atoms with Crippen molar-refractivity contribution < 1.29 is 4.79 Å². The molecule has 3 rings (SSSR count). The molecule has 0 aliphatic carbocycles. The maximum atomic E-state index is 12.2. The summed E-state index contributed by atoms with van der Waals surface area (Å²) in [7, 11) is 0. The third kappa shape index (κ3) is 3.88. The van der Waals surface area contributed by atoms with Gasteiger partial charge in [-0.05, 0) is 24.6 Å². The Morgan fingerprint density at radius 3 is 2.62 bits per heavy atom. The van der Waals surface area contributed by atoms with Crippen LogP contribution in [0.3, 0.4) is 0 Å². The molecular formula is C19H17N3OS. The Kier molecular flexibility index (Phi) is 4.72. The highest BCUT2D eigenvalue weighted by Crippen LogP contribution is 2.29. The van der Waals surface area contributed by atoms with Gasteiger partial charge in [-0.3, -0.25) is 4.79 Å². The molecule has 0 saturated heterocycles. The van der Waals surface area contributed by atoms with E-state index in [2.05, 4.69) is 10.3 Å². The molecule has 5 heteroatoms. The molecule has 4 nitrogen and oxygen atoms in total. The molecule has 1 aromatic heterocycles. The van der Waals surface area contributed by atoms with Gasteiger partial charge in [0.05, 0.1) is 11.4 Å². The molecule has 3 aromatic rings. The molecule has 1 heterocycles. The van der Waals surface area contributed by atoms with Crippen molar-refractivity contribution >= 4 is 34.1 Å². The van der Waals surface area contributed by atoms with Gasteiger partial charge < -0.3 is 11.1 Å². The number of carbonyl (C=O) groups excluding carboxylic acids is 1. The fraction of sp³-hybridized carbons (Fsp3) is 0.0526. The van der Waals surface area contributed by atoms with E-state index in [1.165, 1.54) is 23.0 Å². The van der Waals surface area contributed by atoms with E-state index in [0.29, 0.717) is 10.8 Å². The van der Waals surface area contributed by atoms with Crippen molar-refractivity contribution in [1.29, 1.82) is 0 Å². The molecule has 120 valence electrons. The van der Waals surface area contributed by atoms with Crippen LogP contribution in [-0.2, 0) is 4.79 Å². The molecule has 0 fully saturated rings. The van der Waals surface area contributed by atoms with Crippen LogP contribution in [0.25, 0.3) is 17.3 Å². The number of hydrogen-bond donors (Lipinski definition) is 2. The third-order valence-electron chi connectivity index (χ3n) is 3.49. The van der Waals surface area contributed by atoms with Crippen LogP contribution in [0.15, 0.2) is 60.0 Å². The zero-order chi connectivity index (χ0) is 16.9. The standard InChI is InChI=1S/C19H17N3OS/c1-13-6-8-14(9-7-13)10-11-18(23)21-16-5-3-2-4-15(16)17-12-24-19(20)22-17/h2-12H,1H3,(H2,20,22)(H,21,23)/b11-10+. The number of amides is 1. The van der Waals surface area contributed by atoms with E-state index in [-0.39, 0.29) is 5.91 Å². The van der Waals surface area contributed by atoms with Crippen LogP contribution in [0, 0.1) is 6.92 Å². The van der Waals surface area contributed by atoms with Crippen molar-refractivity contribution in [3.63, 3.8) is 0 Å². The van der Waals surface area contributed by atoms with Crippen LogP contribution >= 0.6 is 11.3 Å². The van der Waals surface area contributed by atoms with Crippen LogP contribution in [0.2, 0.25) is 0 Å². The quantitative estimate of drug-likeness (QED) is 0.696. The minimum Gasteiger partial charge on any atom is -0.375 e. The van der Waals surface area contributed by atoms with Gasteiger partial charge >= 0.3 is 0 Å². The molecule has 0 bridgehead atoms. The van der Waals surface area contributed by atoms with Gasteiger partial charge in [-0.25, -0.2) is 4.98 Å². The first-order valence-corrected chi connectivity index (χ1v) is 8.36. The summed E-state index contributed by atoms with van der Waals surface area (Å²) in [6.07, 6.45) is 3.31. The van der Waals surface area contributed by atoms with Crippen LogP contribution in [0.1, 0.15) is 11.1 Å². The van der Waals surface area contributed by atoms with Crippen molar-refractivity contribution in [3.05, 3.63) is 71.1 Å². The molecule has 0 saturated carbocycles. The fourth-order valence-electron chi connectivity index (χ4n) is 2.25. The van der Waals surface area contributed by atoms with E-state index in [0.717, 1.165) is 16.8 Å². The van der Waals surface area contributed by atoms with Crippen LogP contribution in [-0.4, -0.2) is 10.9 Å². The molecule has 2 aromatic carbocycles. The summed E-state index contributed by atoms with van der Waals surface area (Å²) in [4.78, 5) is 16.5. The lowest BCUT2D eigenvalue weighted by Gasteiger charge is -2.07. The molecule has 0 atom stereocenters. The van der Waals surface area contributed by atoms with E-state index in [9.17, 15) is 4.79 Å². The Bertz CT molecular complexity index is 882. The van der Waals surface area contributed by atoms with Crippen LogP contribution in [0.4, 0.5) is 10.8 Å². The summed E-state index contributed by atoms with van der Waals surface area (Å²) in [5.41, 5.74) is 10.2. The summed E-state index contributed by atoms with van der Waals surface area (Å²) >= 11 is 1.38. The fourth-order valence-corrected chi connectivity index (χ4v) is 2.81. The van der Waals surface area contributed by atoms with Crippen LogP contribution in [0.5, 0.6) is 0 Å². The molecule has 0 unspecified atom stereocenters. The van der Waals surface area contributed by atoms with Crippen molar-refractivity contribution in [2.75, 3.05) is 11.1 Å². The largest absolute Gasteiger partial charge is 0.375 e. The van der Waals surface area contributed by atoms with Crippen LogP contribution < -0.4 is 11.1 Å². The normalized spacial score (nSPS) is 10.9. The number of benzene rings is 2. The van der Waals surface area contributed by atoms with Gasteiger partial charge in [0.25, 0.3) is 0 Å². The lowest BCUT2D eigenvalue weighted by molar-refractivity contribution is -0.111. The molecule has 0 radical (unpaired) electrons. The van der Waals surface area contributed by atoms with Gasteiger partial charge in [-0.1, -0.05) is 48.0 Å². The van der Waals surface area contributed by atoms with Crippen molar-refractivity contribution in [2.45, 2.75) is 6.92 Å². The van der Waals surface area contributed by atoms with Crippen molar-refractivity contribution in [2.24, 2.45) is 0 Å². The lowest BCUT2D eigenvalue weighted by Crippen LogP contribution is -2.08. The molecule has 24 heavy (non-hydrogen) atoms. The Hall–Kier alpha value is -2.92. The molecule has 0 aliphatic rings. The molecule has 0 aliphatic heterocycles. The van der Waals surface area contributed by atoms with Gasteiger partial charge in [0.15, 0.2) is 5.13 Å². The highest BCUT2D eigenvalue weighted by Gasteiger charge is 2.09. The van der Waals surface area contributed by atoms with E-state index in [1.54, 1.807) is 6.08 Å². The summed E-state index contributed by atoms with van der Waals surface area (Å²) in [6, 6.07) is 15.5. The predicted octanol–water partition coefficient (Wildman–Crippen LogP) is 4.35. The second kappa shape index (κ2) is 7.10. The number of hydrogen-bond acceptors (Lipinski definition) is 4. The number of nitrogen functional groups attached to an aromatic ring is 1. The van der Waals surface area contributed by atoms with E-state index >= 15 is 0 Å². The first-order valence-electron chi connectivity index (χ1n) is 7.48. The second-order valence-corrected chi connectivity index (χ2v) is 6.24. The van der Waals surface area contributed by atoms with Gasteiger partial charge in [-0.2, -0.15) is 0 Å². The number of anilines is 2.